The summed E-state index contributed by atoms with van der Waals surface area (Å²) < 4.78 is 37.9. The highest BCUT2D eigenvalue weighted by Gasteiger charge is 2.32. The summed E-state index contributed by atoms with van der Waals surface area (Å²) in [5, 5.41) is 0. The number of amides is 1. The van der Waals surface area contributed by atoms with Crippen LogP contribution >= 0.6 is 0 Å². The van der Waals surface area contributed by atoms with Crippen LogP contribution in [-0.2, 0) is 20.8 Å². The Morgan fingerprint density at radius 3 is 2.56 bits per heavy atom. The van der Waals surface area contributed by atoms with E-state index in [1.54, 1.807) is 29.2 Å². The van der Waals surface area contributed by atoms with Crippen molar-refractivity contribution in [2.75, 3.05) is 19.8 Å². The average Bonchev–Trinajstić information content (AvgIpc) is 2.69. The Labute approximate surface area is 157 Å². The number of ether oxygens (including phenoxy) is 2. The quantitative estimate of drug-likeness (QED) is 0.770. The van der Waals surface area contributed by atoms with E-state index in [-0.39, 0.29) is 36.7 Å². The zero-order valence-corrected chi connectivity index (χ0v) is 15.2. The van der Waals surface area contributed by atoms with Gasteiger partial charge in [0.1, 0.15) is 11.6 Å². The van der Waals surface area contributed by atoms with Gasteiger partial charge in [-0.15, -0.1) is 0 Å². The highest BCUT2D eigenvalue weighted by Crippen LogP contribution is 2.28. The predicted molar refractivity (Wildman–Crippen MR) is 96.9 cm³/mol. The lowest BCUT2D eigenvalue weighted by atomic mass is 10.0. The molecule has 0 spiro atoms. The number of halogens is 2. The Bertz CT molecular complexity index is 760. The second kappa shape index (κ2) is 9.06. The van der Waals surface area contributed by atoms with Crippen molar-refractivity contribution in [3.8, 4) is 0 Å². The van der Waals surface area contributed by atoms with Gasteiger partial charge in [-0.25, -0.2) is 8.78 Å². The van der Waals surface area contributed by atoms with Crippen molar-refractivity contribution >= 4 is 5.91 Å². The Kier molecular flexibility index (Phi) is 6.53. The fourth-order valence-electron chi connectivity index (χ4n) is 3.31. The molecule has 0 aliphatic carbocycles. The van der Waals surface area contributed by atoms with Gasteiger partial charge in [-0.1, -0.05) is 31.2 Å². The number of hydrogen-bond acceptors (Lipinski definition) is 3. The molecule has 0 bridgehead atoms. The van der Waals surface area contributed by atoms with Crippen LogP contribution in [0, 0.1) is 11.6 Å². The topological polar surface area (TPSA) is 38.8 Å². The maximum atomic E-state index is 13.6. The van der Waals surface area contributed by atoms with Gasteiger partial charge in [-0.2, -0.15) is 0 Å². The van der Waals surface area contributed by atoms with E-state index in [0.717, 1.165) is 5.56 Å². The molecule has 0 radical (unpaired) electrons. The van der Waals surface area contributed by atoms with Gasteiger partial charge in [0.2, 0.25) is 0 Å². The highest BCUT2D eigenvalue weighted by molar-refractivity contribution is 5.81. The van der Waals surface area contributed by atoms with Crippen LogP contribution in [0.25, 0.3) is 0 Å². The Hall–Kier alpha value is -2.31. The largest absolute Gasteiger partial charge is 0.376 e. The molecule has 3 rings (SSSR count). The normalized spacial score (nSPS) is 18.1. The minimum atomic E-state index is -0.693. The van der Waals surface area contributed by atoms with E-state index >= 15 is 0 Å². The first-order valence-electron chi connectivity index (χ1n) is 9.08. The monoisotopic (exact) mass is 375 g/mol. The van der Waals surface area contributed by atoms with Crippen molar-refractivity contribution in [2.45, 2.75) is 32.0 Å². The number of rotatable bonds is 6. The van der Waals surface area contributed by atoms with Gasteiger partial charge in [-0.05, 0) is 41.8 Å². The van der Waals surface area contributed by atoms with E-state index in [2.05, 4.69) is 0 Å². The van der Waals surface area contributed by atoms with Crippen molar-refractivity contribution in [2.24, 2.45) is 0 Å². The van der Waals surface area contributed by atoms with Gasteiger partial charge in [0.25, 0.3) is 5.91 Å². The summed E-state index contributed by atoms with van der Waals surface area (Å²) in [5.41, 5.74) is 1.50. The lowest BCUT2D eigenvalue weighted by Crippen LogP contribution is -2.46. The number of carbonyl (C=O) groups excluding carboxylic acids is 1. The van der Waals surface area contributed by atoms with Gasteiger partial charge in [0.05, 0.1) is 25.9 Å². The van der Waals surface area contributed by atoms with E-state index in [4.69, 9.17) is 9.47 Å². The Balaban J connectivity index is 1.91. The second-order valence-electron chi connectivity index (χ2n) is 6.51. The molecule has 1 amide bonds. The zero-order valence-electron chi connectivity index (χ0n) is 15.2. The minimum Gasteiger partial charge on any atom is -0.376 e. The van der Waals surface area contributed by atoms with Gasteiger partial charge >= 0.3 is 0 Å². The minimum absolute atomic E-state index is 0.193. The first kappa shape index (κ1) is 19.5. The molecule has 4 nitrogen and oxygen atoms in total. The van der Waals surface area contributed by atoms with Crippen LogP contribution in [-0.4, -0.2) is 36.7 Å². The molecule has 2 atom stereocenters. The molecular weight excluding hydrogens is 352 g/mol. The van der Waals surface area contributed by atoms with E-state index in [1.807, 2.05) is 6.92 Å². The molecule has 0 aromatic heterocycles. The van der Waals surface area contributed by atoms with Crippen molar-refractivity contribution < 1.29 is 23.0 Å². The molecule has 2 unspecified atom stereocenters. The summed E-state index contributed by atoms with van der Waals surface area (Å²) >= 11 is 0. The summed E-state index contributed by atoms with van der Waals surface area (Å²) in [7, 11) is 0. The maximum Gasteiger partial charge on any atom is 0.254 e. The third-order valence-electron chi connectivity index (χ3n) is 4.63. The molecular formula is C21H23F2NO3. The van der Waals surface area contributed by atoms with Crippen LogP contribution < -0.4 is 0 Å². The van der Waals surface area contributed by atoms with Crippen molar-refractivity contribution in [3.05, 3.63) is 71.3 Å². The van der Waals surface area contributed by atoms with Crippen LogP contribution in [0.4, 0.5) is 8.78 Å². The molecule has 1 aliphatic rings. The lowest BCUT2D eigenvalue weighted by Gasteiger charge is -2.35. The summed E-state index contributed by atoms with van der Waals surface area (Å²) in [6, 6.07) is 12.0. The zero-order chi connectivity index (χ0) is 19.2. The lowest BCUT2D eigenvalue weighted by molar-refractivity contribution is -0.161. The molecule has 2 aromatic carbocycles. The molecule has 27 heavy (non-hydrogen) atoms. The summed E-state index contributed by atoms with van der Waals surface area (Å²) in [6.07, 6.45) is -0.0675. The molecule has 144 valence electrons. The first-order valence-corrected chi connectivity index (χ1v) is 9.08. The van der Waals surface area contributed by atoms with Crippen LogP contribution in [0.2, 0.25) is 0 Å². The van der Waals surface area contributed by atoms with Gasteiger partial charge in [0, 0.05) is 6.54 Å². The third-order valence-corrected chi connectivity index (χ3v) is 4.63. The fraction of sp³-hybridized carbons (Fsp3) is 0.381. The molecule has 0 saturated carbocycles. The smallest absolute Gasteiger partial charge is 0.254 e. The van der Waals surface area contributed by atoms with Gasteiger partial charge in [-0.3, -0.25) is 4.79 Å². The molecule has 1 saturated heterocycles. The Morgan fingerprint density at radius 2 is 1.93 bits per heavy atom. The van der Waals surface area contributed by atoms with Crippen LogP contribution in [0.1, 0.15) is 30.5 Å². The fourth-order valence-corrected chi connectivity index (χ4v) is 3.31. The SMILES string of the molecule is CCC(c1ccc(F)cc1)N(Cc1cccc(F)c1)C(=O)C1COCCO1. The molecule has 2 aromatic rings. The molecule has 1 fully saturated rings. The molecule has 1 heterocycles. The average molecular weight is 375 g/mol. The molecule has 1 aliphatic heterocycles. The van der Waals surface area contributed by atoms with Crippen molar-refractivity contribution in [3.63, 3.8) is 0 Å². The number of benzene rings is 2. The van der Waals surface area contributed by atoms with Crippen LogP contribution in [0.15, 0.2) is 48.5 Å². The first-order chi connectivity index (χ1) is 13.1. The summed E-state index contributed by atoms with van der Waals surface area (Å²) in [5.74, 6) is -0.900. The Morgan fingerprint density at radius 1 is 1.15 bits per heavy atom. The number of carbonyl (C=O) groups is 1. The standard InChI is InChI=1S/C21H23F2NO3/c1-2-19(16-6-8-17(22)9-7-16)24(13-15-4-3-5-18(23)12-15)21(25)20-14-26-10-11-27-20/h3-9,12,19-20H,2,10-11,13-14H2,1H3. The van der Waals surface area contributed by atoms with Crippen molar-refractivity contribution in [1.82, 2.24) is 4.90 Å². The highest BCUT2D eigenvalue weighted by atomic mass is 19.1. The van der Waals surface area contributed by atoms with Gasteiger partial charge < -0.3 is 14.4 Å². The van der Waals surface area contributed by atoms with E-state index in [9.17, 15) is 13.6 Å². The summed E-state index contributed by atoms with van der Waals surface area (Å²) in [4.78, 5) is 14.8. The predicted octanol–water partition coefficient (Wildman–Crippen LogP) is 3.86. The van der Waals surface area contributed by atoms with Crippen LogP contribution in [0.3, 0.4) is 0 Å². The molecule has 6 heteroatoms. The molecule has 0 N–H and O–H groups in total. The van der Waals surface area contributed by atoms with Crippen LogP contribution in [0.5, 0.6) is 0 Å². The second-order valence-corrected chi connectivity index (χ2v) is 6.51. The summed E-state index contributed by atoms with van der Waals surface area (Å²) in [6.45, 7) is 3.20. The van der Waals surface area contributed by atoms with Gasteiger partial charge in [0.15, 0.2) is 6.10 Å². The van der Waals surface area contributed by atoms with E-state index in [0.29, 0.717) is 25.2 Å². The maximum absolute atomic E-state index is 13.6. The number of hydrogen-bond donors (Lipinski definition) is 0. The van der Waals surface area contributed by atoms with Crippen molar-refractivity contribution in [1.29, 1.82) is 0 Å². The van der Waals surface area contributed by atoms with E-state index in [1.165, 1.54) is 24.3 Å². The van der Waals surface area contributed by atoms with E-state index < -0.39 is 6.10 Å². The number of nitrogens with zero attached hydrogens (tertiary/aromatic N) is 1. The third kappa shape index (κ3) is 4.90.